The molecular weight excluding hydrogens is 322 g/mol. The summed E-state index contributed by atoms with van der Waals surface area (Å²) in [5.41, 5.74) is 0.953. The Bertz CT molecular complexity index is 710. The molecule has 1 unspecified atom stereocenters. The van der Waals surface area contributed by atoms with E-state index < -0.39 is 9.84 Å². The summed E-state index contributed by atoms with van der Waals surface area (Å²) in [6, 6.07) is 9.95. The van der Waals surface area contributed by atoms with Crippen molar-refractivity contribution < 1.29 is 13.2 Å². The van der Waals surface area contributed by atoms with Crippen LogP contribution in [0.3, 0.4) is 0 Å². The summed E-state index contributed by atoms with van der Waals surface area (Å²) in [5.74, 6) is 1.37. The number of hydrogen-bond donors (Lipinski definition) is 0. The molecule has 1 spiro atoms. The van der Waals surface area contributed by atoms with Crippen molar-refractivity contribution in [3.05, 3.63) is 30.3 Å². The van der Waals surface area contributed by atoms with E-state index in [0.717, 1.165) is 18.7 Å². The SMILES string of the molecule is O=C(C1CC12CCS(=O)(=O)CC2)N(CC1CCC1)c1ccccc1. The minimum Gasteiger partial charge on any atom is -0.312 e. The van der Waals surface area contributed by atoms with E-state index in [9.17, 15) is 13.2 Å². The lowest BCUT2D eigenvalue weighted by molar-refractivity contribution is -0.120. The Kier molecular flexibility index (Phi) is 3.94. The Labute approximate surface area is 144 Å². The molecule has 0 radical (unpaired) electrons. The van der Waals surface area contributed by atoms with Gasteiger partial charge in [0.15, 0.2) is 0 Å². The second-order valence-corrected chi connectivity index (χ2v) is 10.2. The van der Waals surface area contributed by atoms with Gasteiger partial charge in [-0.2, -0.15) is 0 Å². The van der Waals surface area contributed by atoms with Gasteiger partial charge >= 0.3 is 0 Å². The van der Waals surface area contributed by atoms with Gasteiger partial charge in [0.05, 0.1) is 11.5 Å². The van der Waals surface area contributed by atoms with Crippen LogP contribution in [0.15, 0.2) is 30.3 Å². The van der Waals surface area contributed by atoms with Crippen molar-refractivity contribution in [1.29, 1.82) is 0 Å². The number of amides is 1. The van der Waals surface area contributed by atoms with Crippen LogP contribution in [-0.4, -0.2) is 32.4 Å². The van der Waals surface area contributed by atoms with Gasteiger partial charge in [-0.05, 0) is 55.6 Å². The van der Waals surface area contributed by atoms with Gasteiger partial charge in [-0.15, -0.1) is 0 Å². The normalized spacial score (nSPS) is 27.4. The number of anilines is 1. The molecule has 5 heteroatoms. The smallest absolute Gasteiger partial charge is 0.230 e. The highest BCUT2D eigenvalue weighted by Crippen LogP contribution is 2.60. The molecule has 1 aromatic rings. The zero-order valence-electron chi connectivity index (χ0n) is 14.0. The molecule has 0 N–H and O–H groups in total. The van der Waals surface area contributed by atoms with E-state index in [1.165, 1.54) is 19.3 Å². The maximum absolute atomic E-state index is 13.2. The molecule has 3 aliphatic rings. The molecular formula is C19H25NO3S. The molecule has 2 saturated carbocycles. The molecule has 1 atom stereocenters. The molecule has 1 saturated heterocycles. The summed E-state index contributed by atoms with van der Waals surface area (Å²) < 4.78 is 23.4. The average molecular weight is 347 g/mol. The highest BCUT2D eigenvalue weighted by Gasteiger charge is 2.60. The van der Waals surface area contributed by atoms with Crippen LogP contribution in [0.5, 0.6) is 0 Å². The third-order valence-corrected chi connectivity index (χ3v) is 7.96. The van der Waals surface area contributed by atoms with Gasteiger partial charge in [-0.25, -0.2) is 8.42 Å². The number of benzene rings is 1. The van der Waals surface area contributed by atoms with E-state index in [1.807, 2.05) is 35.2 Å². The van der Waals surface area contributed by atoms with E-state index in [1.54, 1.807) is 0 Å². The number of rotatable bonds is 4. The summed E-state index contributed by atoms with van der Waals surface area (Å²) in [4.78, 5) is 15.2. The van der Waals surface area contributed by atoms with Gasteiger partial charge in [-0.1, -0.05) is 24.6 Å². The number of carbonyl (C=O) groups is 1. The molecule has 130 valence electrons. The maximum atomic E-state index is 13.2. The monoisotopic (exact) mass is 347 g/mol. The predicted octanol–water partition coefficient (Wildman–Crippen LogP) is 3.03. The van der Waals surface area contributed by atoms with Crippen LogP contribution < -0.4 is 4.90 Å². The zero-order chi connectivity index (χ0) is 16.8. The Morgan fingerprint density at radius 1 is 1.12 bits per heavy atom. The summed E-state index contributed by atoms with van der Waals surface area (Å²) in [7, 11) is -2.87. The fourth-order valence-corrected chi connectivity index (χ4v) is 5.89. The van der Waals surface area contributed by atoms with Crippen LogP contribution >= 0.6 is 0 Å². The highest BCUT2D eigenvalue weighted by atomic mass is 32.2. The number of sulfone groups is 1. The molecule has 24 heavy (non-hydrogen) atoms. The van der Waals surface area contributed by atoms with Crippen molar-refractivity contribution in [1.82, 2.24) is 0 Å². The molecule has 0 bridgehead atoms. The van der Waals surface area contributed by atoms with Gasteiger partial charge in [-0.3, -0.25) is 4.79 Å². The lowest BCUT2D eigenvalue weighted by Crippen LogP contribution is -2.40. The summed E-state index contributed by atoms with van der Waals surface area (Å²) >= 11 is 0. The molecule has 1 heterocycles. The first-order chi connectivity index (χ1) is 11.5. The Morgan fingerprint density at radius 3 is 2.38 bits per heavy atom. The summed E-state index contributed by atoms with van der Waals surface area (Å²) in [6.45, 7) is 0.813. The molecule has 1 aliphatic heterocycles. The number of para-hydroxylation sites is 1. The first kappa shape index (κ1) is 16.1. The minimum atomic E-state index is -2.87. The van der Waals surface area contributed by atoms with Crippen molar-refractivity contribution in [3.8, 4) is 0 Å². The molecule has 1 amide bonds. The first-order valence-corrected chi connectivity index (χ1v) is 10.9. The first-order valence-electron chi connectivity index (χ1n) is 9.06. The van der Waals surface area contributed by atoms with E-state index in [0.29, 0.717) is 18.8 Å². The van der Waals surface area contributed by atoms with Crippen LogP contribution in [0, 0.1) is 17.3 Å². The minimum absolute atomic E-state index is 0.0216. The third kappa shape index (κ3) is 2.99. The van der Waals surface area contributed by atoms with Gasteiger partial charge in [0, 0.05) is 18.2 Å². The topological polar surface area (TPSA) is 54.5 Å². The third-order valence-electron chi connectivity index (χ3n) is 6.31. The Hall–Kier alpha value is -1.36. The Morgan fingerprint density at radius 2 is 1.79 bits per heavy atom. The molecule has 4 rings (SSSR count). The van der Waals surface area contributed by atoms with Crippen molar-refractivity contribution >= 4 is 21.4 Å². The maximum Gasteiger partial charge on any atom is 0.230 e. The fourth-order valence-electron chi connectivity index (χ4n) is 4.25. The average Bonchev–Trinajstić information content (AvgIpc) is 3.25. The van der Waals surface area contributed by atoms with Gasteiger partial charge in [0.2, 0.25) is 5.91 Å². The van der Waals surface area contributed by atoms with Crippen molar-refractivity contribution in [2.45, 2.75) is 38.5 Å². The van der Waals surface area contributed by atoms with Crippen molar-refractivity contribution in [3.63, 3.8) is 0 Å². The van der Waals surface area contributed by atoms with Crippen molar-refractivity contribution in [2.75, 3.05) is 23.0 Å². The van der Waals surface area contributed by atoms with Crippen molar-refractivity contribution in [2.24, 2.45) is 17.3 Å². The molecule has 2 aliphatic carbocycles. The predicted molar refractivity (Wildman–Crippen MR) is 94.6 cm³/mol. The van der Waals surface area contributed by atoms with E-state index in [4.69, 9.17) is 0 Å². The second-order valence-electron chi connectivity index (χ2n) is 7.85. The van der Waals surface area contributed by atoms with Crippen LogP contribution in [0.4, 0.5) is 5.69 Å². The lowest BCUT2D eigenvalue weighted by atomic mass is 9.85. The van der Waals surface area contributed by atoms with Crippen LogP contribution in [0.2, 0.25) is 0 Å². The second kappa shape index (κ2) is 5.87. The molecule has 0 aromatic heterocycles. The number of hydrogen-bond acceptors (Lipinski definition) is 3. The summed E-state index contributed by atoms with van der Waals surface area (Å²) in [5, 5.41) is 0. The van der Waals surface area contributed by atoms with E-state index in [-0.39, 0.29) is 28.7 Å². The lowest BCUT2D eigenvalue weighted by Gasteiger charge is -2.33. The number of nitrogens with zero attached hydrogens (tertiary/aromatic N) is 1. The fraction of sp³-hybridized carbons (Fsp3) is 0.632. The van der Waals surface area contributed by atoms with Crippen LogP contribution in [0.25, 0.3) is 0 Å². The van der Waals surface area contributed by atoms with Gasteiger partial charge < -0.3 is 4.90 Å². The standard InChI is InChI=1S/C19H25NO3S/c21-18(17-13-19(17)9-11-24(22,23)12-10-19)20(14-15-5-4-6-15)16-7-2-1-3-8-16/h1-3,7-8,15,17H,4-6,9-14H2. The van der Waals surface area contributed by atoms with Crippen LogP contribution in [0.1, 0.15) is 38.5 Å². The summed E-state index contributed by atoms with van der Waals surface area (Å²) in [6.07, 6.45) is 5.90. The molecule has 4 nitrogen and oxygen atoms in total. The largest absolute Gasteiger partial charge is 0.312 e. The highest BCUT2D eigenvalue weighted by molar-refractivity contribution is 7.91. The zero-order valence-corrected chi connectivity index (χ0v) is 14.8. The van der Waals surface area contributed by atoms with E-state index >= 15 is 0 Å². The molecule has 1 aromatic carbocycles. The Balaban J connectivity index is 1.50. The van der Waals surface area contributed by atoms with Gasteiger partial charge in [0.25, 0.3) is 0 Å². The van der Waals surface area contributed by atoms with E-state index in [2.05, 4.69) is 0 Å². The quantitative estimate of drug-likeness (QED) is 0.841. The molecule has 3 fully saturated rings. The van der Waals surface area contributed by atoms with Crippen LogP contribution in [-0.2, 0) is 14.6 Å². The van der Waals surface area contributed by atoms with Gasteiger partial charge in [0.1, 0.15) is 9.84 Å². The number of carbonyl (C=O) groups excluding carboxylic acids is 1.